The Morgan fingerprint density at radius 3 is 2.54 bits per heavy atom. The van der Waals surface area contributed by atoms with Crippen LogP contribution in [-0.2, 0) is 4.79 Å². The maximum atomic E-state index is 12.6. The molecule has 1 aromatic rings. The summed E-state index contributed by atoms with van der Waals surface area (Å²) in [5, 5.41) is 0. The molecule has 5 nitrogen and oxygen atoms in total. The second-order valence-corrected chi connectivity index (χ2v) is 7.59. The van der Waals surface area contributed by atoms with Crippen LogP contribution in [0.4, 0.5) is 10.5 Å². The first kappa shape index (κ1) is 15.5. The van der Waals surface area contributed by atoms with E-state index in [2.05, 4.69) is 0 Å². The molecule has 0 saturated carbocycles. The largest absolute Gasteiger partial charge is 0.325 e. The van der Waals surface area contributed by atoms with Crippen LogP contribution >= 0.6 is 0 Å². The van der Waals surface area contributed by atoms with E-state index in [1.165, 1.54) is 0 Å². The number of benzene rings is 1. The summed E-state index contributed by atoms with van der Waals surface area (Å²) >= 11 is 0. The van der Waals surface area contributed by atoms with Gasteiger partial charge in [-0.2, -0.15) is 0 Å². The Bertz CT molecular complexity index is 668. The molecule has 0 aliphatic carbocycles. The molecule has 5 heteroatoms. The first-order valence-corrected chi connectivity index (χ1v) is 8.98. The molecule has 0 bridgehead atoms. The van der Waals surface area contributed by atoms with Crippen LogP contribution in [0.5, 0.6) is 0 Å². The van der Waals surface area contributed by atoms with E-state index in [4.69, 9.17) is 0 Å². The van der Waals surface area contributed by atoms with Crippen molar-refractivity contribution in [2.45, 2.75) is 32.6 Å². The second kappa shape index (κ2) is 5.80. The average molecular weight is 327 g/mol. The summed E-state index contributed by atoms with van der Waals surface area (Å²) in [6.07, 6.45) is 3.72. The highest BCUT2D eigenvalue weighted by atomic mass is 16.2. The molecule has 3 aliphatic rings. The average Bonchev–Trinajstić information content (AvgIpc) is 3.29. The van der Waals surface area contributed by atoms with Crippen LogP contribution in [0.15, 0.2) is 24.3 Å². The highest BCUT2D eigenvalue weighted by molar-refractivity contribution is 5.97. The number of likely N-dealkylation sites (tertiary alicyclic amines) is 2. The van der Waals surface area contributed by atoms with E-state index in [0.717, 1.165) is 63.2 Å². The quantitative estimate of drug-likeness (QED) is 0.796. The number of carbonyl (C=O) groups is 2. The van der Waals surface area contributed by atoms with Crippen molar-refractivity contribution in [3.05, 3.63) is 29.8 Å². The van der Waals surface area contributed by atoms with Gasteiger partial charge in [-0.3, -0.25) is 4.79 Å². The SMILES string of the molecule is Cc1ccccc1N1C[C@]2(CCN(C(=O)N3CCCC3)C2)CC1=O. The number of nitrogens with zero attached hydrogens (tertiary/aromatic N) is 3. The minimum Gasteiger partial charge on any atom is -0.325 e. The molecule has 0 aromatic heterocycles. The molecule has 3 fully saturated rings. The summed E-state index contributed by atoms with van der Waals surface area (Å²) in [4.78, 5) is 31.1. The lowest BCUT2D eigenvalue weighted by Crippen LogP contribution is -2.42. The van der Waals surface area contributed by atoms with Crippen LogP contribution in [0, 0.1) is 12.3 Å². The topological polar surface area (TPSA) is 43.9 Å². The number of anilines is 1. The molecule has 0 radical (unpaired) electrons. The Kier molecular flexibility index (Phi) is 3.74. The lowest BCUT2D eigenvalue weighted by molar-refractivity contribution is -0.117. The molecule has 3 heterocycles. The molecular formula is C19H25N3O2. The van der Waals surface area contributed by atoms with Crippen molar-refractivity contribution in [1.82, 2.24) is 9.80 Å². The Labute approximate surface area is 143 Å². The maximum absolute atomic E-state index is 12.6. The molecule has 3 amide bonds. The monoisotopic (exact) mass is 327 g/mol. The third-order valence-electron chi connectivity index (χ3n) is 5.81. The Balaban J connectivity index is 1.48. The lowest BCUT2D eigenvalue weighted by Gasteiger charge is -2.27. The van der Waals surface area contributed by atoms with Crippen molar-refractivity contribution < 1.29 is 9.59 Å². The van der Waals surface area contributed by atoms with Gasteiger partial charge in [0.05, 0.1) is 0 Å². The highest BCUT2D eigenvalue weighted by Crippen LogP contribution is 2.42. The second-order valence-electron chi connectivity index (χ2n) is 7.59. The predicted octanol–water partition coefficient (Wildman–Crippen LogP) is 2.64. The zero-order valence-corrected chi connectivity index (χ0v) is 14.3. The number of para-hydroxylation sites is 1. The summed E-state index contributed by atoms with van der Waals surface area (Å²) < 4.78 is 0. The number of urea groups is 1. The molecule has 128 valence electrons. The van der Waals surface area contributed by atoms with Crippen molar-refractivity contribution in [1.29, 1.82) is 0 Å². The number of hydrogen-bond acceptors (Lipinski definition) is 2. The van der Waals surface area contributed by atoms with Crippen molar-refractivity contribution in [3.8, 4) is 0 Å². The van der Waals surface area contributed by atoms with Crippen LogP contribution in [0.1, 0.15) is 31.2 Å². The van der Waals surface area contributed by atoms with Crippen LogP contribution in [0.25, 0.3) is 0 Å². The van der Waals surface area contributed by atoms with Crippen LogP contribution < -0.4 is 4.90 Å². The third kappa shape index (κ3) is 2.56. The standard InChI is InChI=1S/C19H25N3O2/c1-15-6-2-3-7-16(15)22-14-19(12-17(22)23)8-11-21(13-19)18(24)20-9-4-5-10-20/h2-3,6-7H,4-5,8-14H2,1H3/t19-/m1/s1. The minimum absolute atomic E-state index is 0.0608. The number of aryl methyl sites for hydroxylation is 1. The van der Waals surface area contributed by atoms with Crippen LogP contribution in [0.2, 0.25) is 0 Å². The van der Waals surface area contributed by atoms with Gasteiger partial charge in [-0.05, 0) is 37.8 Å². The molecule has 3 saturated heterocycles. The van der Waals surface area contributed by atoms with E-state index in [-0.39, 0.29) is 17.4 Å². The van der Waals surface area contributed by atoms with Gasteiger partial charge >= 0.3 is 6.03 Å². The third-order valence-corrected chi connectivity index (χ3v) is 5.81. The molecule has 1 aromatic carbocycles. The molecular weight excluding hydrogens is 302 g/mol. The van der Waals surface area contributed by atoms with Gasteiger partial charge in [0.1, 0.15) is 0 Å². The normalized spacial score (nSPS) is 26.9. The Morgan fingerprint density at radius 2 is 1.79 bits per heavy atom. The van der Waals surface area contributed by atoms with E-state index in [9.17, 15) is 9.59 Å². The van der Waals surface area contributed by atoms with E-state index < -0.39 is 0 Å². The molecule has 0 N–H and O–H groups in total. The van der Waals surface area contributed by atoms with Gasteiger partial charge in [0.2, 0.25) is 5.91 Å². The number of amides is 3. The zero-order valence-electron chi connectivity index (χ0n) is 14.3. The first-order chi connectivity index (χ1) is 11.6. The first-order valence-electron chi connectivity index (χ1n) is 8.98. The minimum atomic E-state index is -0.0608. The Hall–Kier alpha value is -2.04. The predicted molar refractivity (Wildman–Crippen MR) is 93.0 cm³/mol. The van der Waals surface area contributed by atoms with Gasteiger partial charge in [-0.25, -0.2) is 4.79 Å². The van der Waals surface area contributed by atoms with Gasteiger partial charge in [0, 0.05) is 50.2 Å². The molecule has 24 heavy (non-hydrogen) atoms. The number of hydrogen-bond donors (Lipinski definition) is 0. The summed E-state index contributed by atoms with van der Waals surface area (Å²) in [6.45, 7) is 6.06. The Morgan fingerprint density at radius 1 is 1.04 bits per heavy atom. The molecule has 3 aliphatic heterocycles. The van der Waals surface area contributed by atoms with Gasteiger partial charge < -0.3 is 14.7 Å². The van der Waals surface area contributed by atoms with Crippen molar-refractivity contribution >= 4 is 17.6 Å². The van der Waals surface area contributed by atoms with Crippen LogP contribution in [0.3, 0.4) is 0 Å². The van der Waals surface area contributed by atoms with E-state index in [1.807, 2.05) is 45.9 Å². The zero-order chi connectivity index (χ0) is 16.7. The van der Waals surface area contributed by atoms with Crippen molar-refractivity contribution in [3.63, 3.8) is 0 Å². The highest BCUT2D eigenvalue weighted by Gasteiger charge is 2.49. The van der Waals surface area contributed by atoms with Gasteiger partial charge in [-0.1, -0.05) is 18.2 Å². The van der Waals surface area contributed by atoms with Crippen LogP contribution in [-0.4, -0.2) is 54.5 Å². The van der Waals surface area contributed by atoms with E-state index in [1.54, 1.807) is 0 Å². The summed E-state index contributed by atoms with van der Waals surface area (Å²) in [5.41, 5.74) is 2.09. The summed E-state index contributed by atoms with van der Waals surface area (Å²) in [6, 6.07) is 8.23. The van der Waals surface area contributed by atoms with Gasteiger partial charge in [0.15, 0.2) is 0 Å². The molecule has 1 atom stereocenters. The fourth-order valence-corrected chi connectivity index (χ4v) is 4.46. The van der Waals surface area contributed by atoms with Crippen molar-refractivity contribution in [2.75, 3.05) is 37.6 Å². The number of rotatable bonds is 1. The van der Waals surface area contributed by atoms with Gasteiger partial charge in [0.25, 0.3) is 0 Å². The fraction of sp³-hybridized carbons (Fsp3) is 0.579. The van der Waals surface area contributed by atoms with Crippen molar-refractivity contribution in [2.24, 2.45) is 5.41 Å². The summed E-state index contributed by atoms with van der Waals surface area (Å²) in [5.74, 6) is 0.194. The number of carbonyl (C=O) groups excluding carboxylic acids is 2. The van der Waals surface area contributed by atoms with Gasteiger partial charge in [-0.15, -0.1) is 0 Å². The molecule has 0 unspecified atom stereocenters. The summed E-state index contributed by atoms with van der Waals surface area (Å²) in [7, 11) is 0. The maximum Gasteiger partial charge on any atom is 0.320 e. The fourth-order valence-electron chi connectivity index (χ4n) is 4.46. The molecule has 4 rings (SSSR count). The lowest BCUT2D eigenvalue weighted by atomic mass is 9.86. The van der Waals surface area contributed by atoms with E-state index in [0.29, 0.717) is 6.42 Å². The molecule has 1 spiro atoms. The smallest absolute Gasteiger partial charge is 0.320 e. The van der Waals surface area contributed by atoms with E-state index >= 15 is 0 Å².